The van der Waals surface area contributed by atoms with Crippen molar-refractivity contribution in [3.63, 3.8) is 0 Å². The number of carbonyl (C=O) groups excluding carboxylic acids is 1. The summed E-state index contributed by atoms with van der Waals surface area (Å²) in [6, 6.07) is 8.56. The van der Waals surface area contributed by atoms with E-state index < -0.39 is 0 Å². The Labute approximate surface area is 128 Å². The van der Waals surface area contributed by atoms with E-state index in [1.165, 1.54) is 12.1 Å². The van der Waals surface area contributed by atoms with Crippen LogP contribution in [0.15, 0.2) is 36.5 Å². The van der Waals surface area contributed by atoms with Crippen LogP contribution < -0.4 is 5.32 Å². The first-order valence-corrected chi connectivity index (χ1v) is 7.35. The van der Waals surface area contributed by atoms with Crippen molar-refractivity contribution in [1.29, 1.82) is 0 Å². The van der Waals surface area contributed by atoms with Crippen LogP contribution in [-0.4, -0.2) is 34.2 Å². The average molecular weight is 302 g/mol. The van der Waals surface area contributed by atoms with E-state index in [-0.39, 0.29) is 17.8 Å². The molecule has 116 valence electrons. The maximum atomic E-state index is 13.0. The highest BCUT2D eigenvalue weighted by Crippen LogP contribution is 2.24. The van der Waals surface area contributed by atoms with Crippen LogP contribution >= 0.6 is 0 Å². The summed E-state index contributed by atoms with van der Waals surface area (Å²) in [5, 5.41) is 7.00. The number of nitrogens with zero attached hydrogens (tertiary/aromatic N) is 3. The molecule has 3 rings (SSSR count). The number of carbonyl (C=O) groups is 1. The second-order valence-corrected chi connectivity index (χ2v) is 5.59. The maximum Gasteiger partial charge on any atom is 0.221 e. The van der Waals surface area contributed by atoms with Crippen LogP contribution in [-0.2, 0) is 17.9 Å². The molecule has 5 nitrogen and oxygen atoms in total. The van der Waals surface area contributed by atoms with Crippen molar-refractivity contribution in [1.82, 2.24) is 20.0 Å². The minimum Gasteiger partial charge on any atom is -0.359 e. The van der Waals surface area contributed by atoms with E-state index in [0.717, 1.165) is 30.9 Å². The van der Waals surface area contributed by atoms with Crippen LogP contribution in [0.5, 0.6) is 0 Å². The van der Waals surface area contributed by atoms with Gasteiger partial charge in [-0.25, -0.2) is 4.39 Å². The molecule has 0 fully saturated rings. The molecule has 1 atom stereocenters. The summed E-state index contributed by atoms with van der Waals surface area (Å²) in [4.78, 5) is 14.0. The van der Waals surface area contributed by atoms with E-state index in [4.69, 9.17) is 0 Å². The highest BCUT2D eigenvalue weighted by Gasteiger charge is 2.27. The SMILES string of the molecule is CNC(=O)C[C@H]1CN(Cc2ccc(F)cc2)Cc2ccnn21. The molecule has 1 aromatic carbocycles. The Kier molecular flexibility index (Phi) is 4.20. The lowest BCUT2D eigenvalue weighted by molar-refractivity contribution is -0.121. The molecule has 0 radical (unpaired) electrons. The van der Waals surface area contributed by atoms with Gasteiger partial charge in [-0.2, -0.15) is 5.10 Å². The highest BCUT2D eigenvalue weighted by atomic mass is 19.1. The van der Waals surface area contributed by atoms with Crippen LogP contribution in [0.4, 0.5) is 4.39 Å². The zero-order valence-corrected chi connectivity index (χ0v) is 12.5. The van der Waals surface area contributed by atoms with Gasteiger partial charge in [0.05, 0.1) is 18.2 Å². The molecule has 0 bridgehead atoms. The fourth-order valence-corrected chi connectivity index (χ4v) is 2.90. The molecule has 1 aliphatic rings. The number of hydrogen-bond donors (Lipinski definition) is 1. The fraction of sp³-hybridized carbons (Fsp3) is 0.375. The Morgan fingerprint density at radius 2 is 2.14 bits per heavy atom. The van der Waals surface area contributed by atoms with Gasteiger partial charge in [-0.3, -0.25) is 14.4 Å². The van der Waals surface area contributed by atoms with E-state index in [1.54, 1.807) is 25.4 Å². The molecule has 1 amide bonds. The summed E-state index contributed by atoms with van der Waals surface area (Å²) in [6.07, 6.45) is 2.18. The van der Waals surface area contributed by atoms with Crippen LogP contribution in [0.1, 0.15) is 23.7 Å². The Bertz CT molecular complexity index is 652. The van der Waals surface area contributed by atoms with E-state index in [9.17, 15) is 9.18 Å². The number of amides is 1. The van der Waals surface area contributed by atoms with Gasteiger partial charge in [0, 0.05) is 32.9 Å². The lowest BCUT2D eigenvalue weighted by Crippen LogP contribution is -2.39. The molecule has 1 aromatic heterocycles. The molecule has 1 aliphatic heterocycles. The van der Waals surface area contributed by atoms with E-state index in [2.05, 4.69) is 15.3 Å². The molecular weight excluding hydrogens is 283 g/mol. The van der Waals surface area contributed by atoms with Crippen molar-refractivity contribution in [2.45, 2.75) is 25.6 Å². The van der Waals surface area contributed by atoms with Gasteiger partial charge in [-0.05, 0) is 23.8 Å². The van der Waals surface area contributed by atoms with Crippen molar-refractivity contribution >= 4 is 5.91 Å². The lowest BCUT2D eigenvalue weighted by atomic mass is 10.1. The third kappa shape index (κ3) is 3.17. The van der Waals surface area contributed by atoms with Gasteiger partial charge in [0.15, 0.2) is 0 Å². The molecule has 1 N–H and O–H groups in total. The van der Waals surface area contributed by atoms with Crippen molar-refractivity contribution in [2.75, 3.05) is 13.6 Å². The van der Waals surface area contributed by atoms with E-state index in [1.807, 2.05) is 10.7 Å². The third-order valence-electron chi connectivity index (χ3n) is 3.97. The number of halogens is 1. The fourth-order valence-electron chi connectivity index (χ4n) is 2.90. The van der Waals surface area contributed by atoms with Gasteiger partial charge in [0.1, 0.15) is 5.82 Å². The summed E-state index contributed by atoms with van der Waals surface area (Å²) in [5.74, 6) is -0.215. The lowest BCUT2D eigenvalue weighted by Gasteiger charge is -2.33. The number of benzene rings is 1. The van der Waals surface area contributed by atoms with Crippen molar-refractivity contribution in [2.24, 2.45) is 0 Å². The predicted octanol–water partition coefficient (Wildman–Crippen LogP) is 1.72. The number of aromatic nitrogens is 2. The zero-order chi connectivity index (χ0) is 15.5. The summed E-state index contributed by atoms with van der Waals surface area (Å²) in [6.45, 7) is 2.26. The molecule has 0 spiro atoms. The van der Waals surface area contributed by atoms with Crippen molar-refractivity contribution in [3.05, 3.63) is 53.6 Å². The standard InChI is InChI=1S/C16H19FN4O/c1-18-16(22)8-15-11-20(10-14-6-7-19-21(14)15)9-12-2-4-13(17)5-3-12/h2-7,15H,8-11H2,1H3,(H,18,22)/t15-/m0/s1. The van der Waals surface area contributed by atoms with Crippen LogP contribution in [0.25, 0.3) is 0 Å². The number of rotatable bonds is 4. The number of hydrogen-bond acceptors (Lipinski definition) is 3. The van der Waals surface area contributed by atoms with Gasteiger partial charge in [0.2, 0.25) is 5.91 Å². The van der Waals surface area contributed by atoms with Gasteiger partial charge >= 0.3 is 0 Å². The second kappa shape index (κ2) is 6.27. The quantitative estimate of drug-likeness (QED) is 0.935. The predicted molar refractivity (Wildman–Crippen MR) is 80.5 cm³/mol. The highest BCUT2D eigenvalue weighted by molar-refractivity contribution is 5.76. The first-order valence-electron chi connectivity index (χ1n) is 7.35. The van der Waals surface area contributed by atoms with Gasteiger partial charge in [-0.15, -0.1) is 0 Å². The Morgan fingerprint density at radius 3 is 2.86 bits per heavy atom. The maximum absolute atomic E-state index is 13.0. The van der Waals surface area contributed by atoms with Gasteiger partial charge in [0.25, 0.3) is 0 Å². The van der Waals surface area contributed by atoms with Crippen molar-refractivity contribution in [3.8, 4) is 0 Å². The molecule has 0 aliphatic carbocycles. The van der Waals surface area contributed by atoms with E-state index >= 15 is 0 Å². The smallest absolute Gasteiger partial charge is 0.221 e. The molecule has 0 saturated carbocycles. The molecule has 6 heteroatoms. The topological polar surface area (TPSA) is 50.2 Å². The molecule has 0 unspecified atom stereocenters. The summed E-state index contributed by atoms with van der Waals surface area (Å²) >= 11 is 0. The molecule has 0 saturated heterocycles. The number of fused-ring (bicyclic) bond motifs is 1. The Morgan fingerprint density at radius 1 is 1.36 bits per heavy atom. The zero-order valence-electron chi connectivity index (χ0n) is 12.5. The van der Waals surface area contributed by atoms with Gasteiger partial charge in [-0.1, -0.05) is 12.1 Å². The molecule has 2 aromatic rings. The minimum absolute atomic E-state index is 0.00934. The average Bonchev–Trinajstić information content (AvgIpc) is 2.98. The monoisotopic (exact) mass is 302 g/mol. The summed E-state index contributed by atoms with van der Waals surface area (Å²) < 4.78 is 14.9. The molecule has 2 heterocycles. The first kappa shape index (κ1) is 14.7. The second-order valence-electron chi connectivity index (χ2n) is 5.59. The van der Waals surface area contributed by atoms with E-state index in [0.29, 0.717) is 6.42 Å². The van der Waals surface area contributed by atoms with Crippen molar-refractivity contribution < 1.29 is 9.18 Å². The van der Waals surface area contributed by atoms with Crippen LogP contribution in [0.3, 0.4) is 0 Å². The normalized spacial score (nSPS) is 18.0. The first-order chi connectivity index (χ1) is 10.7. The third-order valence-corrected chi connectivity index (χ3v) is 3.97. The number of nitrogens with one attached hydrogen (secondary N) is 1. The summed E-state index contributed by atoms with van der Waals surface area (Å²) in [7, 11) is 1.64. The minimum atomic E-state index is -0.224. The molecular formula is C16H19FN4O. The van der Waals surface area contributed by atoms with Crippen LogP contribution in [0.2, 0.25) is 0 Å². The Hall–Kier alpha value is -2.21. The van der Waals surface area contributed by atoms with Gasteiger partial charge < -0.3 is 5.32 Å². The Balaban J connectivity index is 1.74. The largest absolute Gasteiger partial charge is 0.359 e. The van der Waals surface area contributed by atoms with Crippen LogP contribution in [0, 0.1) is 5.82 Å². The molecule has 22 heavy (non-hydrogen) atoms. The summed E-state index contributed by atoms with van der Waals surface area (Å²) in [5.41, 5.74) is 2.16.